The lowest BCUT2D eigenvalue weighted by Crippen LogP contribution is -2.37. The molecule has 0 radical (unpaired) electrons. The fourth-order valence-corrected chi connectivity index (χ4v) is 1.71. The predicted octanol–water partition coefficient (Wildman–Crippen LogP) is 0.356. The van der Waals surface area contributed by atoms with E-state index in [-0.39, 0.29) is 18.2 Å². The molecule has 106 valence electrons. The molecule has 0 spiro atoms. The van der Waals surface area contributed by atoms with Crippen molar-refractivity contribution in [2.24, 2.45) is 5.10 Å². The van der Waals surface area contributed by atoms with Crippen LogP contribution in [0, 0.1) is 0 Å². The van der Waals surface area contributed by atoms with Gasteiger partial charge in [0.1, 0.15) is 5.71 Å². The van der Waals surface area contributed by atoms with Crippen molar-refractivity contribution in [3.8, 4) is 0 Å². The van der Waals surface area contributed by atoms with Crippen molar-refractivity contribution in [2.45, 2.75) is 38.5 Å². The lowest BCUT2D eigenvalue weighted by atomic mass is 10.1. The maximum absolute atomic E-state index is 11.7. The van der Waals surface area contributed by atoms with Crippen LogP contribution in [0.3, 0.4) is 0 Å². The fraction of sp³-hybridized carbons (Fsp3) is 0.667. The lowest BCUT2D eigenvalue weighted by Gasteiger charge is -2.18. The number of carbonyl (C=O) groups is 3. The summed E-state index contributed by atoms with van der Waals surface area (Å²) in [5.74, 6) is -1.14. The predicted molar refractivity (Wildman–Crippen MR) is 68.6 cm³/mol. The van der Waals surface area contributed by atoms with Crippen LogP contribution in [0.4, 0.5) is 0 Å². The number of carboxylic acid groups (broad SMARTS) is 1. The summed E-state index contributed by atoms with van der Waals surface area (Å²) in [6.45, 7) is 0.495. The van der Waals surface area contributed by atoms with E-state index < -0.39 is 5.97 Å². The number of carboxylic acids is 1. The first kappa shape index (κ1) is 15.1. The van der Waals surface area contributed by atoms with E-state index in [9.17, 15) is 14.4 Å². The molecule has 0 aromatic heterocycles. The highest BCUT2D eigenvalue weighted by atomic mass is 16.4. The summed E-state index contributed by atoms with van der Waals surface area (Å²) < 4.78 is 0. The molecule has 2 amide bonds. The van der Waals surface area contributed by atoms with Crippen molar-refractivity contribution < 1.29 is 19.5 Å². The molecule has 0 atom stereocenters. The molecule has 7 heteroatoms. The van der Waals surface area contributed by atoms with Gasteiger partial charge in [-0.3, -0.25) is 14.4 Å². The second-order valence-corrected chi connectivity index (χ2v) is 4.42. The van der Waals surface area contributed by atoms with Crippen molar-refractivity contribution in [2.75, 3.05) is 13.6 Å². The minimum Gasteiger partial charge on any atom is -0.481 e. The number of rotatable bonds is 7. The van der Waals surface area contributed by atoms with Crippen LogP contribution in [0.5, 0.6) is 0 Å². The maximum atomic E-state index is 11.7. The summed E-state index contributed by atoms with van der Waals surface area (Å²) >= 11 is 0. The zero-order valence-corrected chi connectivity index (χ0v) is 11.0. The third-order valence-electron chi connectivity index (χ3n) is 2.82. The first-order chi connectivity index (χ1) is 9.00. The maximum Gasteiger partial charge on any atom is 0.303 e. The zero-order valence-electron chi connectivity index (χ0n) is 11.0. The summed E-state index contributed by atoms with van der Waals surface area (Å²) in [7, 11) is 1.53. The molecular formula is C12H19N3O4. The molecule has 1 rings (SSSR count). The number of aliphatic carboxylic acids is 1. The Labute approximate surface area is 111 Å². The van der Waals surface area contributed by atoms with Gasteiger partial charge < -0.3 is 10.4 Å². The van der Waals surface area contributed by atoms with Crippen LogP contribution in [0.1, 0.15) is 38.5 Å². The molecule has 0 aromatic carbocycles. The SMILES string of the molecule is CN1N=C(C(=O)NCCCCCC(=O)O)CCC1=O. The van der Waals surface area contributed by atoms with Gasteiger partial charge in [-0.1, -0.05) is 6.42 Å². The number of hydrogen-bond acceptors (Lipinski definition) is 4. The normalized spacial score (nSPS) is 15.1. The van der Waals surface area contributed by atoms with E-state index in [4.69, 9.17) is 5.11 Å². The Balaban J connectivity index is 2.19. The van der Waals surface area contributed by atoms with Gasteiger partial charge >= 0.3 is 5.97 Å². The molecule has 0 bridgehead atoms. The number of nitrogens with zero attached hydrogens (tertiary/aromatic N) is 2. The van der Waals surface area contributed by atoms with E-state index in [0.717, 1.165) is 12.8 Å². The Hall–Kier alpha value is -1.92. The molecule has 0 saturated carbocycles. The minimum atomic E-state index is -0.798. The summed E-state index contributed by atoms with van der Waals surface area (Å²) in [6.07, 6.45) is 2.95. The first-order valence-electron chi connectivity index (χ1n) is 6.34. The van der Waals surface area contributed by atoms with Crippen LogP contribution >= 0.6 is 0 Å². The molecule has 0 aliphatic carbocycles. The molecule has 7 nitrogen and oxygen atoms in total. The zero-order chi connectivity index (χ0) is 14.3. The number of hydrazone groups is 1. The molecule has 1 heterocycles. The molecule has 0 unspecified atom stereocenters. The standard InChI is InChI=1S/C12H19N3O4/c1-15-10(16)7-6-9(14-15)12(19)13-8-4-2-3-5-11(17)18/h2-8H2,1H3,(H,13,19)(H,17,18). The summed E-state index contributed by atoms with van der Waals surface area (Å²) in [5.41, 5.74) is 0.368. The van der Waals surface area contributed by atoms with Crippen LogP contribution in [-0.2, 0) is 14.4 Å². The topological polar surface area (TPSA) is 99.1 Å². The molecule has 0 saturated heterocycles. The average molecular weight is 269 g/mol. The van der Waals surface area contributed by atoms with E-state index in [0.29, 0.717) is 31.5 Å². The van der Waals surface area contributed by atoms with Crippen molar-refractivity contribution in [3.05, 3.63) is 0 Å². The van der Waals surface area contributed by atoms with Gasteiger partial charge in [0.05, 0.1) is 0 Å². The minimum absolute atomic E-state index is 0.0924. The molecule has 0 aromatic rings. The Morgan fingerprint density at radius 3 is 2.68 bits per heavy atom. The smallest absolute Gasteiger partial charge is 0.303 e. The van der Waals surface area contributed by atoms with Gasteiger partial charge in [-0.05, 0) is 12.8 Å². The van der Waals surface area contributed by atoms with E-state index in [2.05, 4.69) is 10.4 Å². The third kappa shape index (κ3) is 5.50. The third-order valence-corrected chi connectivity index (χ3v) is 2.82. The highest BCUT2D eigenvalue weighted by Crippen LogP contribution is 2.07. The molecule has 19 heavy (non-hydrogen) atoms. The highest BCUT2D eigenvalue weighted by molar-refractivity contribution is 6.39. The van der Waals surface area contributed by atoms with Crippen LogP contribution in [0.25, 0.3) is 0 Å². The largest absolute Gasteiger partial charge is 0.481 e. The Kier molecular flexibility index (Phi) is 5.98. The molecule has 1 aliphatic heterocycles. The number of unbranched alkanes of at least 4 members (excludes halogenated alkanes) is 2. The number of hydrogen-bond donors (Lipinski definition) is 2. The van der Waals surface area contributed by atoms with Crippen molar-refractivity contribution in [3.63, 3.8) is 0 Å². The molecule has 2 N–H and O–H groups in total. The Bertz CT molecular complexity index is 392. The van der Waals surface area contributed by atoms with Gasteiger partial charge in [-0.15, -0.1) is 0 Å². The molecule has 0 fully saturated rings. The van der Waals surface area contributed by atoms with Crippen molar-refractivity contribution in [1.29, 1.82) is 0 Å². The van der Waals surface area contributed by atoms with E-state index in [1.807, 2.05) is 0 Å². The van der Waals surface area contributed by atoms with Crippen LogP contribution in [0.2, 0.25) is 0 Å². The lowest BCUT2D eigenvalue weighted by molar-refractivity contribution is -0.137. The number of amides is 2. The fourth-order valence-electron chi connectivity index (χ4n) is 1.71. The molecular weight excluding hydrogens is 250 g/mol. The van der Waals surface area contributed by atoms with E-state index >= 15 is 0 Å². The van der Waals surface area contributed by atoms with Gasteiger partial charge in [-0.25, -0.2) is 5.01 Å². The van der Waals surface area contributed by atoms with Crippen molar-refractivity contribution in [1.82, 2.24) is 10.3 Å². The number of carbonyl (C=O) groups excluding carboxylic acids is 2. The Morgan fingerprint density at radius 2 is 2.05 bits per heavy atom. The monoisotopic (exact) mass is 269 g/mol. The van der Waals surface area contributed by atoms with Crippen LogP contribution in [-0.4, -0.2) is 47.2 Å². The van der Waals surface area contributed by atoms with Crippen LogP contribution in [0.15, 0.2) is 5.10 Å². The summed E-state index contributed by atoms with van der Waals surface area (Å²) in [4.78, 5) is 33.2. The number of nitrogens with one attached hydrogen (secondary N) is 1. The van der Waals surface area contributed by atoms with Gasteiger partial charge in [0.2, 0.25) is 5.91 Å². The van der Waals surface area contributed by atoms with E-state index in [1.165, 1.54) is 12.1 Å². The van der Waals surface area contributed by atoms with Gasteiger partial charge in [0.25, 0.3) is 5.91 Å². The average Bonchev–Trinajstić information content (AvgIpc) is 2.36. The Morgan fingerprint density at radius 1 is 1.32 bits per heavy atom. The van der Waals surface area contributed by atoms with Gasteiger partial charge in [0, 0.05) is 32.9 Å². The van der Waals surface area contributed by atoms with Gasteiger partial charge in [-0.2, -0.15) is 5.10 Å². The van der Waals surface area contributed by atoms with Crippen molar-refractivity contribution >= 4 is 23.5 Å². The summed E-state index contributed by atoms with van der Waals surface area (Å²) in [6, 6.07) is 0. The second kappa shape index (κ2) is 7.50. The second-order valence-electron chi connectivity index (χ2n) is 4.42. The van der Waals surface area contributed by atoms with Gasteiger partial charge in [0.15, 0.2) is 0 Å². The summed E-state index contributed by atoms with van der Waals surface area (Å²) in [5, 5.41) is 16.3. The molecule has 1 aliphatic rings. The quantitative estimate of drug-likeness (QED) is 0.652. The van der Waals surface area contributed by atoms with E-state index in [1.54, 1.807) is 0 Å². The highest BCUT2D eigenvalue weighted by Gasteiger charge is 2.21. The van der Waals surface area contributed by atoms with Crippen LogP contribution < -0.4 is 5.32 Å². The first-order valence-corrected chi connectivity index (χ1v) is 6.34.